The summed E-state index contributed by atoms with van der Waals surface area (Å²) in [6, 6.07) is 1.19. The molecular weight excluding hydrogens is 270 g/mol. The van der Waals surface area contributed by atoms with Crippen LogP contribution in [0.4, 0.5) is 5.69 Å². The quantitative estimate of drug-likeness (QED) is 0.477. The van der Waals surface area contributed by atoms with Crippen molar-refractivity contribution in [2.24, 2.45) is 4.99 Å². The summed E-state index contributed by atoms with van der Waals surface area (Å²) in [6.07, 6.45) is 3.08. The highest BCUT2D eigenvalue weighted by Gasteiger charge is 2.19. The van der Waals surface area contributed by atoms with Gasteiger partial charge in [0.2, 0.25) is 0 Å². The lowest BCUT2D eigenvalue weighted by molar-refractivity contribution is -0.385. The van der Waals surface area contributed by atoms with Gasteiger partial charge in [0.1, 0.15) is 0 Å². The average molecular weight is 287 g/mol. The Balaban J connectivity index is 3.13. The Kier molecular flexibility index (Phi) is 4.96. The Bertz CT molecular complexity index is 539. The molecule has 0 radical (unpaired) electrons. The van der Waals surface area contributed by atoms with Gasteiger partial charge in [-0.05, 0) is 20.1 Å². The van der Waals surface area contributed by atoms with Gasteiger partial charge in [0.05, 0.1) is 29.3 Å². The first-order chi connectivity index (χ1) is 8.76. The Morgan fingerprint density at radius 1 is 1.63 bits per heavy atom. The predicted octanol–water partition coefficient (Wildman–Crippen LogP) is 0.957. The van der Waals surface area contributed by atoms with E-state index >= 15 is 0 Å². The fraction of sp³-hybridized carbons (Fsp3) is 0.545. The van der Waals surface area contributed by atoms with Crippen LogP contribution in [0.25, 0.3) is 0 Å². The second-order valence-electron chi connectivity index (χ2n) is 4.55. The predicted molar refractivity (Wildman–Crippen MR) is 72.4 cm³/mol. The lowest BCUT2D eigenvalue weighted by Crippen LogP contribution is -2.33. The van der Waals surface area contributed by atoms with Crippen LogP contribution in [0.15, 0.2) is 17.3 Å². The van der Waals surface area contributed by atoms with Gasteiger partial charge in [-0.15, -0.1) is 0 Å². The van der Waals surface area contributed by atoms with E-state index in [0.29, 0.717) is 11.3 Å². The smallest absolute Gasteiger partial charge is 0.277 e. The number of nitrogens with zero attached hydrogens (tertiary/aromatic N) is 3. The zero-order valence-corrected chi connectivity index (χ0v) is 11.8. The third-order valence-electron chi connectivity index (χ3n) is 2.45. The normalized spacial score (nSPS) is 15.3. The summed E-state index contributed by atoms with van der Waals surface area (Å²) >= 11 is 1.47. The Morgan fingerprint density at radius 2 is 2.26 bits per heavy atom. The van der Waals surface area contributed by atoms with Crippen molar-refractivity contribution in [2.45, 2.75) is 19.4 Å². The Morgan fingerprint density at radius 3 is 2.79 bits per heavy atom. The van der Waals surface area contributed by atoms with Crippen molar-refractivity contribution in [3.8, 4) is 0 Å². The summed E-state index contributed by atoms with van der Waals surface area (Å²) in [5.74, 6) is 0.482. The minimum absolute atomic E-state index is 0.0404. The van der Waals surface area contributed by atoms with Crippen LogP contribution in [0, 0.1) is 17.0 Å². The molecule has 0 aliphatic heterocycles. The average Bonchev–Trinajstić information content (AvgIpc) is 2.27. The lowest BCUT2D eigenvalue weighted by Gasteiger charge is -2.19. The molecule has 2 N–H and O–H groups in total. The number of thioether (sulfide) groups is 1. The highest BCUT2D eigenvalue weighted by molar-refractivity contribution is 7.98. The molecule has 1 aromatic heterocycles. The third kappa shape index (κ3) is 4.25. The van der Waals surface area contributed by atoms with Crippen molar-refractivity contribution in [1.29, 1.82) is 0 Å². The lowest BCUT2D eigenvalue weighted by atomic mass is 10.1. The van der Waals surface area contributed by atoms with Gasteiger partial charge in [-0.25, -0.2) is 0 Å². The molecule has 0 saturated heterocycles. The highest BCUT2D eigenvalue weighted by atomic mass is 32.2. The van der Waals surface area contributed by atoms with E-state index in [1.165, 1.54) is 30.9 Å². The number of rotatable bonds is 5. The SMILES string of the molecule is CSC[C@](C)(O)CN=c1cc([N+](=O)[O-])c(C)cn1O. The zero-order chi connectivity index (χ0) is 14.6. The molecule has 0 saturated carbocycles. The Labute approximate surface area is 114 Å². The van der Waals surface area contributed by atoms with E-state index in [1.54, 1.807) is 6.92 Å². The molecule has 1 atom stereocenters. The van der Waals surface area contributed by atoms with Crippen LogP contribution >= 0.6 is 11.8 Å². The van der Waals surface area contributed by atoms with E-state index in [2.05, 4.69) is 4.99 Å². The number of aromatic nitrogens is 1. The first-order valence-electron chi connectivity index (χ1n) is 5.55. The third-order valence-corrected chi connectivity index (χ3v) is 3.36. The monoisotopic (exact) mass is 287 g/mol. The van der Waals surface area contributed by atoms with Crippen LogP contribution in [0.3, 0.4) is 0 Å². The van der Waals surface area contributed by atoms with Crippen LogP contribution in [-0.2, 0) is 0 Å². The molecule has 19 heavy (non-hydrogen) atoms. The zero-order valence-electron chi connectivity index (χ0n) is 11.0. The molecule has 1 rings (SSSR count). The molecule has 0 aliphatic rings. The van der Waals surface area contributed by atoms with Crippen molar-refractivity contribution in [3.63, 3.8) is 0 Å². The van der Waals surface area contributed by atoms with Gasteiger partial charge in [-0.3, -0.25) is 15.1 Å². The van der Waals surface area contributed by atoms with Gasteiger partial charge in [0, 0.05) is 11.3 Å². The van der Waals surface area contributed by atoms with Gasteiger partial charge in [-0.1, -0.05) is 0 Å². The molecule has 1 aromatic rings. The van der Waals surface area contributed by atoms with Crippen LogP contribution in [-0.4, -0.2) is 44.1 Å². The van der Waals surface area contributed by atoms with Crippen molar-refractivity contribution in [2.75, 3.05) is 18.6 Å². The summed E-state index contributed by atoms with van der Waals surface area (Å²) in [4.78, 5) is 14.3. The van der Waals surface area contributed by atoms with Crippen LogP contribution in [0.1, 0.15) is 12.5 Å². The molecule has 0 bridgehead atoms. The molecule has 106 valence electrons. The maximum absolute atomic E-state index is 10.8. The van der Waals surface area contributed by atoms with Crippen molar-refractivity contribution >= 4 is 17.4 Å². The molecule has 7 nitrogen and oxygen atoms in total. The van der Waals surface area contributed by atoms with Crippen LogP contribution in [0.2, 0.25) is 0 Å². The molecule has 0 aliphatic carbocycles. The van der Waals surface area contributed by atoms with E-state index in [9.17, 15) is 20.4 Å². The topological polar surface area (TPSA) is 101 Å². The van der Waals surface area contributed by atoms with E-state index in [1.807, 2.05) is 6.26 Å². The van der Waals surface area contributed by atoms with Gasteiger partial charge in [0.15, 0.2) is 5.49 Å². The molecule has 8 heteroatoms. The number of pyridine rings is 1. The molecule has 0 amide bonds. The summed E-state index contributed by atoms with van der Waals surface area (Å²) in [5.41, 5.74) is -0.763. The molecular formula is C11H17N3O4S. The standard InChI is InChI=1S/C11H17N3O4S/c1-8-5-13(16)10(4-9(8)14(17)18)12-6-11(2,15)7-19-3/h4-5,15-16H,6-7H2,1-3H3/t11-/m1/s1. The van der Waals surface area contributed by atoms with Gasteiger partial charge in [-0.2, -0.15) is 16.5 Å². The van der Waals surface area contributed by atoms with Gasteiger partial charge < -0.3 is 10.3 Å². The second-order valence-corrected chi connectivity index (χ2v) is 5.41. The first-order valence-corrected chi connectivity index (χ1v) is 6.95. The van der Waals surface area contributed by atoms with E-state index in [-0.39, 0.29) is 17.7 Å². The molecule has 0 fully saturated rings. The minimum Gasteiger partial charge on any atom is -0.427 e. The number of hydrogen-bond acceptors (Lipinski definition) is 6. The number of aliphatic hydroxyl groups is 1. The summed E-state index contributed by atoms with van der Waals surface area (Å²) in [6.45, 7) is 3.20. The maximum atomic E-state index is 10.8. The fourth-order valence-corrected chi connectivity index (χ4v) is 2.25. The molecule has 0 spiro atoms. The minimum atomic E-state index is -1.02. The molecule has 0 unspecified atom stereocenters. The van der Waals surface area contributed by atoms with Crippen molar-refractivity contribution in [1.82, 2.24) is 4.73 Å². The summed E-state index contributed by atoms with van der Waals surface area (Å²) in [5, 5.41) is 30.4. The van der Waals surface area contributed by atoms with E-state index in [0.717, 1.165) is 4.73 Å². The van der Waals surface area contributed by atoms with E-state index in [4.69, 9.17) is 0 Å². The number of hydrogen-bond donors (Lipinski definition) is 2. The van der Waals surface area contributed by atoms with E-state index < -0.39 is 10.5 Å². The van der Waals surface area contributed by atoms with Gasteiger partial charge in [0.25, 0.3) is 5.69 Å². The van der Waals surface area contributed by atoms with Gasteiger partial charge >= 0.3 is 0 Å². The maximum Gasteiger partial charge on any atom is 0.277 e. The summed E-state index contributed by atoms with van der Waals surface area (Å²) in [7, 11) is 0. The largest absolute Gasteiger partial charge is 0.427 e. The van der Waals surface area contributed by atoms with Crippen LogP contribution in [0.5, 0.6) is 0 Å². The number of nitro groups is 1. The summed E-state index contributed by atoms with van der Waals surface area (Å²) < 4.78 is 0.720. The second kappa shape index (κ2) is 6.07. The number of aryl methyl sites for hydroxylation is 1. The molecule has 0 aromatic carbocycles. The fourth-order valence-electron chi connectivity index (χ4n) is 1.54. The first kappa shape index (κ1) is 15.5. The van der Waals surface area contributed by atoms with Crippen LogP contribution < -0.4 is 5.49 Å². The Hall–Kier alpha value is -1.54. The highest BCUT2D eigenvalue weighted by Crippen LogP contribution is 2.14. The van der Waals surface area contributed by atoms with Crippen molar-refractivity contribution < 1.29 is 15.2 Å². The molecule has 1 heterocycles. The van der Waals surface area contributed by atoms with Crippen molar-refractivity contribution in [3.05, 3.63) is 33.4 Å².